The van der Waals surface area contributed by atoms with Gasteiger partial charge in [-0.15, -0.1) is 0 Å². The number of aromatic nitrogens is 2. The van der Waals surface area contributed by atoms with Crippen molar-refractivity contribution < 1.29 is 19.1 Å². The van der Waals surface area contributed by atoms with Crippen LogP contribution in [0.2, 0.25) is 0 Å². The molecule has 1 aromatic heterocycles. The number of nitrogens with one attached hydrogen (secondary N) is 2. The molecule has 3 aromatic rings. The van der Waals surface area contributed by atoms with Crippen molar-refractivity contribution in [1.82, 2.24) is 9.78 Å². The SMILES string of the molecule is CC(=O)c1cccc(NC(=O)[C@H](C)OC(=O)Cn2[nH]c(=O)c3ccccc3c2=O)c1. The van der Waals surface area contributed by atoms with E-state index in [1.807, 2.05) is 0 Å². The van der Waals surface area contributed by atoms with Gasteiger partial charge in [-0.3, -0.25) is 29.1 Å². The van der Waals surface area contributed by atoms with Crippen molar-refractivity contribution in [1.29, 1.82) is 0 Å². The molecule has 0 unspecified atom stereocenters. The third-order valence-corrected chi connectivity index (χ3v) is 4.39. The molecule has 0 saturated heterocycles. The zero-order valence-corrected chi connectivity index (χ0v) is 16.3. The van der Waals surface area contributed by atoms with Crippen LogP contribution in [0.1, 0.15) is 24.2 Å². The van der Waals surface area contributed by atoms with E-state index in [0.717, 1.165) is 4.68 Å². The topological polar surface area (TPSA) is 127 Å². The highest BCUT2D eigenvalue weighted by atomic mass is 16.5. The zero-order valence-electron chi connectivity index (χ0n) is 16.3. The first-order chi connectivity index (χ1) is 14.3. The van der Waals surface area contributed by atoms with E-state index in [9.17, 15) is 24.0 Å². The Morgan fingerprint density at radius 1 is 1.07 bits per heavy atom. The molecule has 9 heteroatoms. The number of hydrogen-bond acceptors (Lipinski definition) is 6. The Balaban J connectivity index is 1.68. The van der Waals surface area contributed by atoms with E-state index in [1.54, 1.807) is 30.3 Å². The monoisotopic (exact) mass is 409 g/mol. The lowest BCUT2D eigenvalue weighted by atomic mass is 10.1. The van der Waals surface area contributed by atoms with Gasteiger partial charge in [-0.2, -0.15) is 0 Å². The van der Waals surface area contributed by atoms with Gasteiger partial charge in [0.2, 0.25) is 0 Å². The van der Waals surface area contributed by atoms with Crippen LogP contribution in [0.4, 0.5) is 5.69 Å². The van der Waals surface area contributed by atoms with Gasteiger partial charge in [-0.05, 0) is 38.1 Å². The van der Waals surface area contributed by atoms with Gasteiger partial charge in [0.25, 0.3) is 17.0 Å². The number of carbonyl (C=O) groups excluding carboxylic acids is 3. The molecule has 2 aromatic carbocycles. The molecule has 0 aliphatic carbocycles. The van der Waals surface area contributed by atoms with Gasteiger partial charge in [0.15, 0.2) is 11.9 Å². The van der Waals surface area contributed by atoms with Gasteiger partial charge in [-0.25, -0.2) is 4.68 Å². The van der Waals surface area contributed by atoms with Crippen LogP contribution < -0.4 is 16.4 Å². The van der Waals surface area contributed by atoms with Gasteiger partial charge in [0.1, 0.15) is 6.54 Å². The van der Waals surface area contributed by atoms with Gasteiger partial charge >= 0.3 is 5.97 Å². The fraction of sp³-hybridized carbons (Fsp3) is 0.190. The summed E-state index contributed by atoms with van der Waals surface area (Å²) >= 11 is 0. The van der Waals surface area contributed by atoms with Crippen LogP contribution in [0.5, 0.6) is 0 Å². The number of rotatable bonds is 6. The molecule has 30 heavy (non-hydrogen) atoms. The number of ketones is 1. The van der Waals surface area contributed by atoms with E-state index in [0.29, 0.717) is 11.3 Å². The van der Waals surface area contributed by atoms with Crippen molar-refractivity contribution in [2.45, 2.75) is 26.5 Å². The Hall–Kier alpha value is -4.01. The van der Waals surface area contributed by atoms with Crippen LogP contribution in [0, 0.1) is 0 Å². The summed E-state index contributed by atoms with van der Waals surface area (Å²) in [6.07, 6.45) is -1.17. The van der Waals surface area contributed by atoms with Crippen LogP contribution in [0.15, 0.2) is 58.1 Å². The second-order valence-electron chi connectivity index (χ2n) is 6.64. The van der Waals surface area contributed by atoms with E-state index in [2.05, 4.69) is 10.4 Å². The predicted molar refractivity (Wildman–Crippen MR) is 109 cm³/mol. The summed E-state index contributed by atoms with van der Waals surface area (Å²) in [7, 11) is 0. The van der Waals surface area contributed by atoms with E-state index in [-0.39, 0.29) is 16.6 Å². The van der Waals surface area contributed by atoms with Crippen LogP contribution in [0.25, 0.3) is 10.8 Å². The lowest BCUT2D eigenvalue weighted by Gasteiger charge is -2.14. The van der Waals surface area contributed by atoms with E-state index >= 15 is 0 Å². The largest absolute Gasteiger partial charge is 0.451 e. The van der Waals surface area contributed by atoms with Crippen LogP contribution in [0.3, 0.4) is 0 Å². The number of hydrogen-bond donors (Lipinski definition) is 2. The van der Waals surface area contributed by atoms with Crippen molar-refractivity contribution in [3.63, 3.8) is 0 Å². The third-order valence-electron chi connectivity index (χ3n) is 4.39. The lowest BCUT2D eigenvalue weighted by molar-refractivity contribution is -0.154. The van der Waals surface area contributed by atoms with Gasteiger partial charge in [0, 0.05) is 11.3 Å². The van der Waals surface area contributed by atoms with Crippen molar-refractivity contribution in [3.05, 3.63) is 74.8 Å². The number of Topliss-reactive ketones (excluding diaryl/α,β-unsaturated/α-hetero) is 1. The second kappa shape index (κ2) is 8.56. The number of fused-ring (bicyclic) bond motifs is 1. The number of esters is 1. The highest BCUT2D eigenvalue weighted by Crippen LogP contribution is 2.12. The summed E-state index contributed by atoms with van der Waals surface area (Å²) in [5.74, 6) is -1.63. The van der Waals surface area contributed by atoms with Gasteiger partial charge in [-0.1, -0.05) is 24.3 Å². The summed E-state index contributed by atoms with van der Waals surface area (Å²) in [5.41, 5.74) is -0.266. The number of carbonyl (C=O) groups is 3. The molecule has 3 rings (SSSR count). The molecule has 9 nitrogen and oxygen atoms in total. The number of amides is 1. The van der Waals surface area contributed by atoms with Crippen LogP contribution in [-0.2, 0) is 20.9 Å². The number of nitrogens with zero attached hydrogens (tertiary/aromatic N) is 1. The molecular formula is C21H19N3O6. The molecule has 0 spiro atoms. The lowest BCUT2D eigenvalue weighted by Crippen LogP contribution is -2.36. The summed E-state index contributed by atoms with van der Waals surface area (Å²) in [5, 5.41) is 5.27. The van der Waals surface area contributed by atoms with Gasteiger partial charge in [0.05, 0.1) is 10.8 Å². The molecule has 1 atom stereocenters. The van der Waals surface area contributed by atoms with E-state index in [1.165, 1.54) is 32.0 Å². The fourth-order valence-corrected chi connectivity index (χ4v) is 2.83. The minimum atomic E-state index is -1.17. The maximum Gasteiger partial charge on any atom is 0.328 e. The molecule has 1 amide bonds. The van der Waals surface area contributed by atoms with Crippen molar-refractivity contribution >= 4 is 34.1 Å². The summed E-state index contributed by atoms with van der Waals surface area (Å²) < 4.78 is 5.91. The minimum Gasteiger partial charge on any atom is -0.451 e. The molecule has 0 fully saturated rings. The number of H-pyrrole nitrogens is 1. The molecule has 0 bridgehead atoms. The first-order valence-electron chi connectivity index (χ1n) is 9.09. The summed E-state index contributed by atoms with van der Waals surface area (Å²) in [4.78, 5) is 60.4. The molecule has 1 heterocycles. The van der Waals surface area contributed by atoms with Crippen LogP contribution >= 0.6 is 0 Å². The maximum absolute atomic E-state index is 12.4. The molecular weight excluding hydrogens is 390 g/mol. The van der Waals surface area contributed by atoms with Crippen molar-refractivity contribution in [2.75, 3.05) is 5.32 Å². The fourth-order valence-electron chi connectivity index (χ4n) is 2.83. The molecule has 0 saturated carbocycles. The van der Waals surface area contributed by atoms with E-state index in [4.69, 9.17) is 4.74 Å². The average molecular weight is 409 g/mol. The number of anilines is 1. The Morgan fingerprint density at radius 2 is 1.77 bits per heavy atom. The van der Waals surface area contributed by atoms with Crippen molar-refractivity contribution in [3.8, 4) is 0 Å². The maximum atomic E-state index is 12.4. The first kappa shape index (κ1) is 20.7. The number of ether oxygens (including phenoxy) is 1. The van der Waals surface area contributed by atoms with Crippen LogP contribution in [-0.4, -0.2) is 33.5 Å². The van der Waals surface area contributed by atoms with Gasteiger partial charge < -0.3 is 10.1 Å². The second-order valence-corrected chi connectivity index (χ2v) is 6.64. The Bertz CT molecular complexity index is 1260. The Morgan fingerprint density at radius 3 is 2.47 bits per heavy atom. The smallest absolute Gasteiger partial charge is 0.328 e. The third kappa shape index (κ3) is 4.52. The summed E-state index contributed by atoms with van der Waals surface area (Å²) in [6, 6.07) is 12.6. The average Bonchev–Trinajstić information content (AvgIpc) is 2.72. The van der Waals surface area contributed by atoms with Crippen molar-refractivity contribution in [2.24, 2.45) is 0 Å². The molecule has 0 radical (unpaired) electrons. The molecule has 0 aliphatic heterocycles. The first-order valence-corrected chi connectivity index (χ1v) is 9.09. The Kier molecular flexibility index (Phi) is 5.91. The molecule has 154 valence electrons. The zero-order chi connectivity index (χ0) is 21.8. The minimum absolute atomic E-state index is 0.152. The number of aromatic amines is 1. The highest BCUT2D eigenvalue weighted by molar-refractivity contribution is 5.98. The molecule has 2 N–H and O–H groups in total. The van der Waals surface area contributed by atoms with E-state index < -0.39 is 35.6 Å². The molecule has 0 aliphatic rings. The highest BCUT2D eigenvalue weighted by Gasteiger charge is 2.19. The number of benzene rings is 2. The predicted octanol–water partition coefficient (Wildman–Crippen LogP) is 1.46. The standard InChI is InChI=1S/C21H19N3O6/c1-12(25)14-6-5-7-15(10-14)22-19(27)13(2)30-18(26)11-24-21(29)17-9-4-3-8-16(17)20(28)23-24/h3-10,13H,11H2,1-2H3,(H,22,27)(H,23,28)/t13-/m0/s1. The summed E-state index contributed by atoms with van der Waals surface area (Å²) in [6.45, 7) is 2.22. The normalized spacial score (nSPS) is 11.7. The quantitative estimate of drug-likeness (QED) is 0.469. The Labute approximate surface area is 170 Å².